The van der Waals surface area contributed by atoms with Crippen molar-refractivity contribution >= 4 is 5.69 Å². The van der Waals surface area contributed by atoms with Crippen LogP contribution in [0.3, 0.4) is 0 Å². The molecule has 3 rings (SSSR count). The molecule has 0 unspecified atom stereocenters. The highest BCUT2D eigenvalue weighted by atomic mass is 19.1. The van der Waals surface area contributed by atoms with Gasteiger partial charge in [-0.05, 0) is 49.2 Å². The lowest BCUT2D eigenvalue weighted by atomic mass is 10.0. The Kier molecular flexibility index (Phi) is 4.46. The second-order valence-electron chi connectivity index (χ2n) is 5.59. The Morgan fingerprint density at radius 3 is 3.05 bits per heavy atom. The van der Waals surface area contributed by atoms with Crippen molar-refractivity contribution in [1.29, 1.82) is 0 Å². The first-order valence-electron chi connectivity index (χ1n) is 7.43. The van der Waals surface area contributed by atoms with Crippen molar-refractivity contribution in [2.24, 2.45) is 0 Å². The van der Waals surface area contributed by atoms with E-state index in [0.717, 1.165) is 38.2 Å². The van der Waals surface area contributed by atoms with Gasteiger partial charge in [-0.2, -0.15) is 0 Å². The summed E-state index contributed by atoms with van der Waals surface area (Å²) in [5.74, 6) is -0.192. The van der Waals surface area contributed by atoms with E-state index in [1.54, 1.807) is 18.3 Å². The number of pyridine rings is 1. The number of anilines is 1. The van der Waals surface area contributed by atoms with Crippen LogP contribution >= 0.6 is 0 Å². The van der Waals surface area contributed by atoms with E-state index in [4.69, 9.17) is 0 Å². The molecule has 0 aliphatic carbocycles. The van der Waals surface area contributed by atoms with Crippen LogP contribution in [0, 0.1) is 5.82 Å². The Bertz CT molecular complexity index is 573. The molecule has 4 heteroatoms. The number of hydrogen-bond acceptors (Lipinski definition) is 3. The molecule has 110 valence electrons. The molecule has 1 saturated heterocycles. The maximum Gasteiger partial charge on any atom is 0.125 e. The standard InChI is InChI=1S/C17H20FN3/c18-15-5-1-6-16(10-15)20-17-7-3-9-21(13-17)12-14-4-2-8-19-11-14/h1-2,4-6,8,10-11,17,20H,3,7,9,12-13H2/t17-/m1/s1. The van der Waals surface area contributed by atoms with E-state index in [9.17, 15) is 4.39 Å². The van der Waals surface area contributed by atoms with E-state index in [0.29, 0.717) is 6.04 Å². The number of nitrogens with zero attached hydrogens (tertiary/aromatic N) is 2. The molecule has 2 aromatic rings. The fourth-order valence-corrected chi connectivity index (χ4v) is 2.88. The third-order valence-electron chi connectivity index (χ3n) is 3.83. The normalized spacial score (nSPS) is 19.4. The second kappa shape index (κ2) is 6.68. The zero-order valence-electron chi connectivity index (χ0n) is 12.0. The predicted octanol–water partition coefficient (Wildman–Crippen LogP) is 3.30. The van der Waals surface area contributed by atoms with Gasteiger partial charge in [0.1, 0.15) is 5.82 Å². The summed E-state index contributed by atoms with van der Waals surface area (Å²) in [5, 5.41) is 3.44. The number of hydrogen-bond donors (Lipinski definition) is 1. The Hall–Kier alpha value is -1.94. The molecule has 1 aliphatic rings. The maximum absolute atomic E-state index is 13.2. The number of rotatable bonds is 4. The van der Waals surface area contributed by atoms with Crippen LogP contribution in [0.25, 0.3) is 0 Å². The van der Waals surface area contributed by atoms with E-state index in [2.05, 4.69) is 21.3 Å². The molecule has 1 atom stereocenters. The molecule has 0 amide bonds. The molecular formula is C17H20FN3. The second-order valence-corrected chi connectivity index (χ2v) is 5.59. The minimum atomic E-state index is -0.192. The fraction of sp³-hybridized carbons (Fsp3) is 0.353. The summed E-state index contributed by atoms with van der Waals surface area (Å²) in [6.07, 6.45) is 6.00. The molecule has 0 saturated carbocycles. The smallest absolute Gasteiger partial charge is 0.125 e. The van der Waals surface area contributed by atoms with E-state index >= 15 is 0 Å². The van der Waals surface area contributed by atoms with Gasteiger partial charge in [-0.15, -0.1) is 0 Å². The molecule has 1 N–H and O–H groups in total. The number of benzene rings is 1. The van der Waals surface area contributed by atoms with Crippen molar-refractivity contribution in [3.63, 3.8) is 0 Å². The third-order valence-corrected chi connectivity index (χ3v) is 3.83. The highest BCUT2D eigenvalue weighted by Crippen LogP contribution is 2.18. The lowest BCUT2D eigenvalue weighted by Crippen LogP contribution is -2.41. The van der Waals surface area contributed by atoms with Crippen LogP contribution in [-0.4, -0.2) is 29.0 Å². The minimum Gasteiger partial charge on any atom is -0.381 e. The van der Waals surface area contributed by atoms with Gasteiger partial charge in [0.05, 0.1) is 0 Å². The molecule has 0 radical (unpaired) electrons. The first kappa shape index (κ1) is 14.0. The van der Waals surface area contributed by atoms with E-state index in [1.807, 2.05) is 18.3 Å². The lowest BCUT2D eigenvalue weighted by Gasteiger charge is -2.33. The summed E-state index contributed by atoms with van der Waals surface area (Å²) in [5.41, 5.74) is 2.10. The Balaban J connectivity index is 1.58. The predicted molar refractivity (Wildman–Crippen MR) is 82.6 cm³/mol. The topological polar surface area (TPSA) is 28.2 Å². The summed E-state index contributed by atoms with van der Waals surface area (Å²) in [4.78, 5) is 6.59. The summed E-state index contributed by atoms with van der Waals surface area (Å²) in [7, 11) is 0. The zero-order chi connectivity index (χ0) is 14.5. The SMILES string of the molecule is Fc1cccc(N[C@@H]2CCCN(Cc3cccnc3)C2)c1. The highest BCUT2D eigenvalue weighted by Gasteiger charge is 2.19. The molecule has 0 spiro atoms. The van der Waals surface area contributed by atoms with Gasteiger partial charge in [0, 0.05) is 37.2 Å². The number of piperidine rings is 1. The third kappa shape index (κ3) is 4.02. The highest BCUT2D eigenvalue weighted by molar-refractivity contribution is 5.44. The molecule has 3 nitrogen and oxygen atoms in total. The molecular weight excluding hydrogens is 265 g/mol. The average Bonchev–Trinajstić information content (AvgIpc) is 2.49. The minimum absolute atomic E-state index is 0.192. The number of aromatic nitrogens is 1. The Morgan fingerprint density at radius 1 is 1.29 bits per heavy atom. The molecule has 2 heterocycles. The van der Waals surface area contributed by atoms with E-state index in [1.165, 1.54) is 11.6 Å². The Labute approximate surface area is 124 Å². The van der Waals surface area contributed by atoms with Crippen LogP contribution in [-0.2, 0) is 6.54 Å². The summed E-state index contributed by atoms with van der Waals surface area (Å²) in [6.45, 7) is 3.01. The molecule has 1 aromatic heterocycles. The molecule has 21 heavy (non-hydrogen) atoms. The number of halogens is 1. The monoisotopic (exact) mass is 285 g/mol. The summed E-state index contributed by atoms with van der Waals surface area (Å²) >= 11 is 0. The van der Waals surface area contributed by atoms with Gasteiger partial charge in [-0.25, -0.2) is 4.39 Å². The van der Waals surface area contributed by atoms with Gasteiger partial charge in [-0.3, -0.25) is 9.88 Å². The van der Waals surface area contributed by atoms with Crippen LogP contribution in [0.5, 0.6) is 0 Å². The van der Waals surface area contributed by atoms with Crippen LogP contribution in [0.2, 0.25) is 0 Å². The van der Waals surface area contributed by atoms with Gasteiger partial charge < -0.3 is 5.32 Å². The van der Waals surface area contributed by atoms with Gasteiger partial charge in [-0.1, -0.05) is 12.1 Å². The van der Waals surface area contributed by atoms with Crippen LogP contribution in [0.4, 0.5) is 10.1 Å². The maximum atomic E-state index is 13.2. The first-order valence-corrected chi connectivity index (χ1v) is 7.43. The van der Waals surface area contributed by atoms with Gasteiger partial charge in [0.25, 0.3) is 0 Å². The van der Waals surface area contributed by atoms with Crippen molar-refractivity contribution in [2.75, 3.05) is 18.4 Å². The summed E-state index contributed by atoms with van der Waals surface area (Å²) < 4.78 is 13.2. The molecule has 0 bridgehead atoms. The van der Waals surface area contributed by atoms with E-state index in [-0.39, 0.29) is 5.82 Å². The van der Waals surface area contributed by atoms with Crippen LogP contribution < -0.4 is 5.32 Å². The zero-order valence-corrected chi connectivity index (χ0v) is 12.0. The quantitative estimate of drug-likeness (QED) is 0.934. The van der Waals surface area contributed by atoms with Crippen molar-refractivity contribution in [1.82, 2.24) is 9.88 Å². The van der Waals surface area contributed by atoms with Gasteiger partial charge in [0.15, 0.2) is 0 Å². The summed E-state index contributed by atoms with van der Waals surface area (Å²) in [6, 6.07) is 11.1. The first-order chi connectivity index (χ1) is 10.3. The van der Waals surface area contributed by atoms with Crippen LogP contribution in [0.15, 0.2) is 48.8 Å². The van der Waals surface area contributed by atoms with Crippen molar-refractivity contribution in [3.8, 4) is 0 Å². The average molecular weight is 285 g/mol. The van der Waals surface area contributed by atoms with Crippen LogP contribution in [0.1, 0.15) is 18.4 Å². The molecule has 1 aromatic carbocycles. The largest absolute Gasteiger partial charge is 0.381 e. The number of likely N-dealkylation sites (tertiary alicyclic amines) is 1. The van der Waals surface area contributed by atoms with Crippen molar-refractivity contribution in [3.05, 3.63) is 60.2 Å². The van der Waals surface area contributed by atoms with Gasteiger partial charge >= 0.3 is 0 Å². The van der Waals surface area contributed by atoms with Crippen molar-refractivity contribution in [2.45, 2.75) is 25.4 Å². The molecule has 1 fully saturated rings. The molecule has 1 aliphatic heterocycles. The van der Waals surface area contributed by atoms with Gasteiger partial charge in [0.2, 0.25) is 0 Å². The number of nitrogens with one attached hydrogen (secondary N) is 1. The lowest BCUT2D eigenvalue weighted by molar-refractivity contribution is 0.208. The Morgan fingerprint density at radius 2 is 2.24 bits per heavy atom. The van der Waals surface area contributed by atoms with Crippen molar-refractivity contribution < 1.29 is 4.39 Å². The fourth-order valence-electron chi connectivity index (χ4n) is 2.88. The van der Waals surface area contributed by atoms with E-state index < -0.39 is 0 Å².